The molecule has 0 amide bonds. The summed E-state index contributed by atoms with van der Waals surface area (Å²) >= 11 is 0. The first-order valence-electron chi connectivity index (χ1n) is 8.83. The Bertz CT molecular complexity index is 1110. The third-order valence-corrected chi connectivity index (χ3v) is 4.64. The molecule has 3 nitrogen and oxygen atoms in total. The fourth-order valence-electron chi connectivity index (χ4n) is 3.05. The molecule has 0 radical (unpaired) electrons. The van der Waals surface area contributed by atoms with Crippen molar-refractivity contribution in [1.29, 1.82) is 0 Å². The van der Waals surface area contributed by atoms with Gasteiger partial charge in [-0.1, -0.05) is 18.2 Å². The number of carbonyl (C=O) groups excluding carboxylic acids is 1. The van der Waals surface area contributed by atoms with E-state index in [-0.39, 0.29) is 29.5 Å². The molecule has 0 spiro atoms. The minimum Gasteiger partial charge on any atom is -0.488 e. The van der Waals surface area contributed by atoms with E-state index in [0.29, 0.717) is 28.2 Å². The van der Waals surface area contributed by atoms with Gasteiger partial charge < -0.3 is 9.47 Å². The highest BCUT2D eigenvalue weighted by Gasteiger charge is 2.30. The molecule has 0 bridgehead atoms. The molecule has 0 fully saturated rings. The van der Waals surface area contributed by atoms with Crippen LogP contribution in [0, 0.1) is 24.4 Å². The van der Waals surface area contributed by atoms with Crippen molar-refractivity contribution < 1.29 is 27.4 Å². The van der Waals surface area contributed by atoms with E-state index < -0.39 is 11.6 Å². The molecule has 6 heteroatoms. The van der Waals surface area contributed by atoms with Crippen molar-refractivity contribution in [2.24, 2.45) is 0 Å². The molecular weight excluding hydrogens is 381 g/mol. The second kappa shape index (κ2) is 7.47. The quantitative estimate of drug-likeness (QED) is 0.538. The number of halogens is 3. The van der Waals surface area contributed by atoms with Crippen molar-refractivity contribution in [3.05, 3.63) is 100 Å². The van der Waals surface area contributed by atoms with E-state index in [9.17, 15) is 18.0 Å². The predicted octanol–water partition coefficient (Wildman–Crippen LogP) is 5.61. The molecule has 146 valence electrons. The van der Waals surface area contributed by atoms with Crippen LogP contribution in [-0.4, -0.2) is 5.78 Å². The first-order valence-corrected chi connectivity index (χ1v) is 8.83. The molecule has 0 atom stereocenters. The summed E-state index contributed by atoms with van der Waals surface area (Å²) in [6.45, 7) is 1.39. The van der Waals surface area contributed by atoms with Gasteiger partial charge in [0.2, 0.25) is 5.78 Å². The van der Waals surface area contributed by atoms with Gasteiger partial charge >= 0.3 is 0 Å². The number of ketones is 1. The Labute approximate surface area is 165 Å². The van der Waals surface area contributed by atoms with Gasteiger partial charge in [0.25, 0.3) is 0 Å². The molecule has 1 heterocycles. The fraction of sp³-hybridized carbons (Fsp3) is 0.0870. The van der Waals surface area contributed by atoms with Crippen LogP contribution in [0.5, 0.6) is 11.5 Å². The summed E-state index contributed by atoms with van der Waals surface area (Å²) in [7, 11) is 0. The minimum atomic E-state index is -0.695. The van der Waals surface area contributed by atoms with Gasteiger partial charge in [-0.3, -0.25) is 4.79 Å². The van der Waals surface area contributed by atoms with Gasteiger partial charge in [0.15, 0.2) is 5.76 Å². The molecule has 1 aliphatic rings. The Morgan fingerprint density at radius 2 is 1.66 bits per heavy atom. The number of ether oxygens (including phenoxy) is 2. The molecule has 0 aromatic heterocycles. The Kier molecular flexibility index (Phi) is 4.84. The molecule has 0 unspecified atom stereocenters. The minimum absolute atomic E-state index is 0.104. The lowest BCUT2D eigenvalue weighted by Gasteiger charge is -2.12. The first kappa shape index (κ1) is 18.8. The van der Waals surface area contributed by atoms with Crippen LogP contribution in [0.15, 0.2) is 60.4 Å². The average Bonchev–Trinajstić information content (AvgIpc) is 3.01. The lowest BCUT2D eigenvalue weighted by Crippen LogP contribution is -2.03. The first-order chi connectivity index (χ1) is 13.9. The Morgan fingerprint density at radius 1 is 0.966 bits per heavy atom. The van der Waals surface area contributed by atoms with Gasteiger partial charge in [-0.05, 0) is 55.0 Å². The van der Waals surface area contributed by atoms with Gasteiger partial charge in [0, 0.05) is 5.56 Å². The Morgan fingerprint density at radius 3 is 2.34 bits per heavy atom. The number of hydrogen-bond donors (Lipinski definition) is 0. The number of Topliss-reactive ketones (excluding diaryl/α,β-unsaturated/α-hetero) is 1. The summed E-state index contributed by atoms with van der Waals surface area (Å²) < 4.78 is 51.9. The number of benzene rings is 3. The van der Waals surface area contributed by atoms with Gasteiger partial charge in [-0.15, -0.1) is 0 Å². The number of allylic oxidation sites excluding steroid dienone is 1. The number of rotatable bonds is 4. The highest BCUT2D eigenvalue weighted by molar-refractivity contribution is 6.14. The Hall–Kier alpha value is -3.54. The molecule has 3 aromatic carbocycles. The van der Waals surface area contributed by atoms with Crippen molar-refractivity contribution in [2.75, 3.05) is 0 Å². The lowest BCUT2D eigenvalue weighted by atomic mass is 10.1. The predicted molar refractivity (Wildman–Crippen MR) is 101 cm³/mol. The van der Waals surface area contributed by atoms with Crippen LogP contribution in [0.25, 0.3) is 6.08 Å². The van der Waals surface area contributed by atoms with Crippen molar-refractivity contribution in [2.45, 2.75) is 13.5 Å². The van der Waals surface area contributed by atoms with E-state index in [1.807, 2.05) is 0 Å². The van der Waals surface area contributed by atoms with Crippen LogP contribution in [0.2, 0.25) is 0 Å². The average molecular weight is 396 g/mol. The smallest absolute Gasteiger partial charge is 0.231 e. The van der Waals surface area contributed by atoms with Crippen LogP contribution in [0.1, 0.15) is 27.0 Å². The summed E-state index contributed by atoms with van der Waals surface area (Å²) in [6.07, 6.45) is 1.52. The van der Waals surface area contributed by atoms with Crippen molar-refractivity contribution in [3.63, 3.8) is 0 Å². The second-order valence-corrected chi connectivity index (χ2v) is 6.55. The highest BCUT2D eigenvalue weighted by atomic mass is 19.1. The molecule has 0 aliphatic carbocycles. The van der Waals surface area contributed by atoms with Crippen LogP contribution in [-0.2, 0) is 6.61 Å². The third kappa shape index (κ3) is 3.61. The SMILES string of the molecule is Cc1c(OCc2c(F)cccc2F)ccc2c1O/C(=C\c1ccc(F)cc1)C2=O. The van der Waals surface area contributed by atoms with Crippen LogP contribution < -0.4 is 9.47 Å². The van der Waals surface area contributed by atoms with E-state index in [4.69, 9.17) is 9.47 Å². The Balaban J connectivity index is 1.59. The van der Waals surface area contributed by atoms with E-state index in [1.54, 1.807) is 19.1 Å². The third-order valence-electron chi connectivity index (χ3n) is 4.64. The standard InChI is InChI=1S/C23H15F3O3/c1-13-20(28-12-17-18(25)3-2-4-19(17)26)10-9-16-22(27)21(29-23(13)16)11-14-5-7-15(24)8-6-14/h2-11H,12H2,1H3/b21-11-. The van der Waals surface area contributed by atoms with E-state index >= 15 is 0 Å². The van der Waals surface area contributed by atoms with E-state index in [2.05, 4.69) is 0 Å². The van der Waals surface area contributed by atoms with E-state index in [1.165, 1.54) is 36.4 Å². The zero-order chi connectivity index (χ0) is 20.5. The number of carbonyl (C=O) groups is 1. The topological polar surface area (TPSA) is 35.5 Å². The largest absolute Gasteiger partial charge is 0.488 e. The summed E-state index contributed by atoms with van der Waals surface area (Å²) in [5, 5.41) is 0. The molecule has 0 saturated carbocycles. The molecule has 0 N–H and O–H groups in total. The fourth-order valence-corrected chi connectivity index (χ4v) is 3.05. The van der Waals surface area contributed by atoms with E-state index in [0.717, 1.165) is 12.1 Å². The number of fused-ring (bicyclic) bond motifs is 1. The molecule has 0 saturated heterocycles. The molecule has 4 rings (SSSR count). The summed E-state index contributed by atoms with van der Waals surface area (Å²) in [4.78, 5) is 12.6. The van der Waals surface area contributed by atoms with Crippen LogP contribution in [0.4, 0.5) is 13.2 Å². The monoisotopic (exact) mass is 396 g/mol. The maximum Gasteiger partial charge on any atom is 0.231 e. The maximum absolute atomic E-state index is 13.8. The summed E-state index contributed by atoms with van der Waals surface area (Å²) in [5.74, 6) is -1.29. The molecular formula is C23H15F3O3. The van der Waals surface area contributed by atoms with Gasteiger partial charge in [-0.2, -0.15) is 0 Å². The zero-order valence-electron chi connectivity index (χ0n) is 15.3. The zero-order valence-corrected chi connectivity index (χ0v) is 15.3. The van der Waals surface area contributed by atoms with Crippen molar-refractivity contribution in [1.82, 2.24) is 0 Å². The maximum atomic E-state index is 13.8. The second-order valence-electron chi connectivity index (χ2n) is 6.55. The normalized spacial score (nSPS) is 14.1. The highest BCUT2D eigenvalue weighted by Crippen LogP contribution is 2.39. The van der Waals surface area contributed by atoms with Gasteiger partial charge in [-0.25, -0.2) is 13.2 Å². The summed E-state index contributed by atoms with van der Waals surface area (Å²) in [6, 6.07) is 12.4. The van der Waals surface area contributed by atoms with Crippen LogP contribution >= 0.6 is 0 Å². The van der Waals surface area contributed by atoms with Crippen molar-refractivity contribution >= 4 is 11.9 Å². The molecule has 29 heavy (non-hydrogen) atoms. The van der Waals surface area contributed by atoms with Crippen LogP contribution in [0.3, 0.4) is 0 Å². The summed E-state index contributed by atoms with van der Waals surface area (Å²) in [5.41, 5.74) is 1.34. The van der Waals surface area contributed by atoms with Gasteiger partial charge in [0.1, 0.15) is 35.6 Å². The van der Waals surface area contributed by atoms with Crippen molar-refractivity contribution in [3.8, 4) is 11.5 Å². The molecule has 1 aliphatic heterocycles. The molecule has 3 aromatic rings. The number of hydrogen-bond acceptors (Lipinski definition) is 3. The van der Waals surface area contributed by atoms with Gasteiger partial charge in [0.05, 0.1) is 11.1 Å². The lowest BCUT2D eigenvalue weighted by molar-refractivity contribution is 0.101.